The molecule has 0 aliphatic carbocycles. The molecule has 0 rings (SSSR count). The smallest absolute Gasteiger partial charge is 0.303 e. The summed E-state index contributed by atoms with van der Waals surface area (Å²) in [5.74, 6) is -0.672. The monoisotopic (exact) mass is 382 g/mol. The lowest BCUT2D eigenvalue weighted by molar-refractivity contribution is -0.137. The van der Waals surface area contributed by atoms with E-state index in [2.05, 4.69) is 19.1 Å². The lowest BCUT2D eigenvalue weighted by Gasteiger charge is -2.09. The van der Waals surface area contributed by atoms with Gasteiger partial charge in [0.1, 0.15) is 0 Å². The number of carboxylic acid groups (broad SMARTS) is 1. The molecule has 0 spiro atoms. The molecule has 3 nitrogen and oxygen atoms in total. The van der Waals surface area contributed by atoms with E-state index in [0.29, 0.717) is 6.42 Å². The highest BCUT2D eigenvalue weighted by atomic mass is 16.4. The zero-order valence-corrected chi connectivity index (χ0v) is 18.0. The maximum absolute atomic E-state index is 10.4. The fraction of sp³-hybridized carbons (Fsp3) is 0.875. The van der Waals surface area contributed by atoms with Crippen LogP contribution in [0, 0.1) is 0 Å². The predicted molar refractivity (Wildman–Crippen MR) is 116 cm³/mol. The second kappa shape index (κ2) is 21.5. The Morgan fingerprint density at radius 1 is 0.704 bits per heavy atom. The van der Waals surface area contributed by atoms with E-state index in [1.54, 1.807) is 0 Å². The van der Waals surface area contributed by atoms with Crippen molar-refractivity contribution >= 4 is 5.97 Å². The van der Waals surface area contributed by atoms with Crippen LogP contribution in [0.3, 0.4) is 0 Å². The Bertz CT molecular complexity index is 339. The van der Waals surface area contributed by atoms with Crippen LogP contribution in [-0.4, -0.2) is 22.3 Å². The van der Waals surface area contributed by atoms with E-state index in [1.165, 1.54) is 83.5 Å². The van der Waals surface area contributed by atoms with Gasteiger partial charge in [0.2, 0.25) is 0 Å². The topological polar surface area (TPSA) is 57.5 Å². The zero-order chi connectivity index (χ0) is 20.0. The fourth-order valence-corrected chi connectivity index (χ4v) is 3.43. The van der Waals surface area contributed by atoms with E-state index < -0.39 is 5.97 Å². The molecule has 0 aromatic rings. The fourth-order valence-electron chi connectivity index (χ4n) is 3.43. The van der Waals surface area contributed by atoms with Crippen LogP contribution in [0.1, 0.15) is 129 Å². The minimum Gasteiger partial charge on any atom is -0.481 e. The van der Waals surface area contributed by atoms with E-state index in [4.69, 9.17) is 5.11 Å². The molecule has 1 atom stereocenters. The Morgan fingerprint density at radius 2 is 1.15 bits per heavy atom. The summed E-state index contributed by atoms with van der Waals surface area (Å²) in [5, 5.41) is 18.4. The van der Waals surface area contributed by atoms with Gasteiger partial charge >= 0.3 is 5.97 Å². The van der Waals surface area contributed by atoms with E-state index in [-0.39, 0.29) is 6.10 Å². The molecule has 0 bridgehead atoms. The lowest BCUT2D eigenvalue weighted by Crippen LogP contribution is -2.05. The Labute approximate surface area is 168 Å². The third-order valence-electron chi connectivity index (χ3n) is 5.23. The van der Waals surface area contributed by atoms with Crippen molar-refractivity contribution in [2.24, 2.45) is 0 Å². The summed E-state index contributed by atoms with van der Waals surface area (Å²) in [5.41, 5.74) is 0. The molecule has 3 heteroatoms. The van der Waals surface area contributed by atoms with Gasteiger partial charge < -0.3 is 10.2 Å². The summed E-state index contributed by atoms with van der Waals surface area (Å²) in [6, 6.07) is 0. The van der Waals surface area contributed by atoms with Gasteiger partial charge in [-0.1, -0.05) is 89.7 Å². The lowest BCUT2D eigenvalue weighted by atomic mass is 10.0. The van der Waals surface area contributed by atoms with E-state index in [9.17, 15) is 9.90 Å². The first-order valence-electron chi connectivity index (χ1n) is 11.7. The molecule has 160 valence electrons. The largest absolute Gasteiger partial charge is 0.481 e. The van der Waals surface area contributed by atoms with Crippen molar-refractivity contribution < 1.29 is 15.0 Å². The summed E-state index contributed by atoms with van der Waals surface area (Å²) >= 11 is 0. The van der Waals surface area contributed by atoms with Gasteiger partial charge in [0.25, 0.3) is 0 Å². The van der Waals surface area contributed by atoms with Crippen molar-refractivity contribution in [3.05, 3.63) is 12.2 Å². The van der Waals surface area contributed by atoms with Crippen LogP contribution in [0.5, 0.6) is 0 Å². The number of aliphatic carboxylic acids is 1. The molecular weight excluding hydrogens is 336 g/mol. The second-order valence-electron chi connectivity index (χ2n) is 8.02. The van der Waals surface area contributed by atoms with Crippen molar-refractivity contribution in [3.8, 4) is 0 Å². The molecule has 27 heavy (non-hydrogen) atoms. The zero-order valence-electron chi connectivity index (χ0n) is 18.0. The Balaban J connectivity index is 3.17. The molecule has 0 saturated carbocycles. The highest BCUT2D eigenvalue weighted by molar-refractivity contribution is 5.66. The highest BCUT2D eigenvalue weighted by Gasteiger charge is 2.03. The standard InChI is InChI=1S/C24H46O3/c1-2-3-17-20-23(25)21-18-15-13-11-9-7-5-4-6-8-10-12-14-16-19-22-24(26)27/h4,6,23,25H,2-3,5,7-22H2,1H3,(H,26,27)/b6-4-. The molecule has 0 fully saturated rings. The summed E-state index contributed by atoms with van der Waals surface area (Å²) < 4.78 is 0. The first-order chi connectivity index (χ1) is 13.2. The summed E-state index contributed by atoms with van der Waals surface area (Å²) in [7, 11) is 0. The highest BCUT2D eigenvalue weighted by Crippen LogP contribution is 2.13. The van der Waals surface area contributed by atoms with Crippen LogP contribution >= 0.6 is 0 Å². The average Bonchev–Trinajstić information content (AvgIpc) is 2.64. The van der Waals surface area contributed by atoms with Crippen LogP contribution in [-0.2, 0) is 4.79 Å². The van der Waals surface area contributed by atoms with E-state index in [0.717, 1.165) is 32.1 Å². The van der Waals surface area contributed by atoms with Crippen LogP contribution in [0.15, 0.2) is 12.2 Å². The molecule has 0 aliphatic heterocycles. The summed E-state index contributed by atoms with van der Waals surface area (Å²) in [6.45, 7) is 2.21. The van der Waals surface area contributed by atoms with Gasteiger partial charge in [-0.15, -0.1) is 0 Å². The molecule has 1 unspecified atom stereocenters. The summed E-state index contributed by atoms with van der Waals surface area (Å²) in [4.78, 5) is 10.4. The van der Waals surface area contributed by atoms with Gasteiger partial charge in [-0.3, -0.25) is 4.79 Å². The number of carbonyl (C=O) groups is 1. The van der Waals surface area contributed by atoms with Crippen molar-refractivity contribution in [1.29, 1.82) is 0 Å². The van der Waals surface area contributed by atoms with Crippen LogP contribution in [0.2, 0.25) is 0 Å². The van der Waals surface area contributed by atoms with Gasteiger partial charge in [-0.05, 0) is 44.9 Å². The van der Waals surface area contributed by atoms with Gasteiger partial charge in [0, 0.05) is 6.42 Å². The number of hydrogen-bond donors (Lipinski definition) is 2. The number of rotatable bonds is 21. The number of unbranched alkanes of at least 4 members (excludes halogenated alkanes) is 13. The van der Waals surface area contributed by atoms with Gasteiger partial charge in [0.05, 0.1) is 6.10 Å². The number of hydrogen-bond acceptors (Lipinski definition) is 2. The van der Waals surface area contributed by atoms with Crippen molar-refractivity contribution in [2.75, 3.05) is 0 Å². The molecule has 0 saturated heterocycles. The SMILES string of the molecule is CCCCCC(O)CCCCCCCC/C=C\CCCCCCCC(=O)O. The van der Waals surface area contributed by atoms with Gasteiger partial charge in [-0.25, -0.2) is 0 Å². The predicted octanol–water partition coefficient (Wildman–Crippen LogP) is 7.42. The Hall–Kier alpha value is -0.830. The molecular formula is C24H46O3. The normalized spacial score (nSPS) is 12.7. The van der Waals surface area contributed by atoms with Crippen molar-refractivity contribution in [3.63, 3.8) is 0 Å². The third kappa shape index (κ3) is 23.1. The van der Waals surface area contributed by atoms with E-state index in [1.807, 2.05) is 0 Å². The number of aliphatic hydroxyl groups excluding tert-OH is 1. The van der Waals surface area contributed by atoms with Crippen LogP contribution in [0.25, 0.3) is 0 Å². The molecule has 0 amide bonds. The first-order valence-corrected chi connectivity index (χ1v) is 11.7. The minimum atomic E-state index is -0.672. The van der Waals surface area contributed by atoms with Gasteiger partial charge in [-0.2, -0.15) is 0 Å². The quantitative estimate of drug-likeness (QED) is 0.160. The van der Waals surface area contributed by atoms with Crippen molar-refractivity contribution in [1.82, 2.24) is 0 Å². The number of allylic oxidation sites excluding steroid dienone is 2. The van der Waals surface area contributed by atoms with Gasteiger partial charge in [0.15, 0.2) is 0 Å². The third-order valence-corrected chi connectivity index (χ3v) is 5.23. The molecule has 0 aliphatic rings. The minimum absolute atomic E-state index is 0.0635. The average molecular weight is 383 g/mol. The summed E-state index contributed by atoms with van der Waals surface area (Å²) in [6.07, 6.45) is 26.1. The molecule has 0 heterocycles. The number of carboxylic acids is 1. The maximum Gasteiger partial charge on any atom is 0.303 e. The number of aliphatic hydroxyl groups is 1. The van der Waals surface area contributed by atoms with Crippen molar-refractivity contribution in [2.45, 2.75) is 135 Å². The molecule has 0 aromatic heterocycles. The van der Waals surface area contributed by atoms with E-state index >= 15 is 0 Å². The Kier molecular flexibility index (Phi) is 20.8. The first kappa shape index (κ1) is 26.2. The molecule has 2 N–H and O–H groups in total. The molecule has 0 radical (unpaired) electrons. The van der Waals surface area contributed by atoms with Crippen LogP contribution < -0.4 is 0 Å². The maximum atomic E-state index is 10.4. The Morgan fingerprint density at radius 3 is 1.67 bits per heavy atom. The van der Waals surface area contributed by atoms with Crippen LogP contribution in [0.4, 0.5) is 0 Å². The molecule has 0 aromatic carbocycles. The second-order valence-corrected chi connectivity index (χ2v) is 8.02.